The molecule has 0 spiro atoms. The van der Waals surface area contributed by atoms with Gasteiger partial charge >= 0.3 is 0 Å². The first kappa shape index (κ1) is 13.8. The zero-order chi connectivity index (χ0) is 13.0. The van der Waals surface area contributed by atoms with Gasteiger partial charge in [-0.1, -0.05) is 25.7 Å². The molecule has 0 unspecified atom stereocenters. The van der Waals surface area contributed by atoms with Crippen molar-refractivity contribution in [1.82, 2.24) is 4.98 Å². The molecule has 0 saturated heterocycles. The lowest BCUT2D eigenvalue weighted by Gasteiger charge is -2.27. The highest BCUT2D eigenvalue weighted by Crippen LogP contribution is 2.28. The zero-order valence-electron chi connectivity index (χ0n) is 10.9. The second-order valence-electron chi connectivity index (χ2n) is 5.34. The molecule has 1 heterocycles. The molecule has 1 fully saturated rings. The highest BCUT2D eigenvalue weighted by molar-refractivity contribution is 9.10. The van der Waals surface area contributed by atoms with Gasteiger partial charge in [0.25, 0.3) is 0 Å². The average molecular weight is 313 g/mol. The van der Waals surface area contributed by atoms with Crippen molar-refractivity contribution in [3.63, 3.8) is 0 Å². The molecule has 4 heteroatoms. The molecule has 0 radical (unpaired) electrons. The van der Waals surface area contributed by atoms with E-state index in [0.717, 1.165) is 41.5 Å². The number of aliphatic hydroxyl groups is 1. The Labute approximate surface area is 117 Å². The van der Waals surface area contributed by atoms with E-state index in [-0.39, 0.29) is 0 Å². The number of anilines is 1. The van der Waals surface area contributed by atoms with Gasteiger partial charge in [-0.15, -0.1) is 0 Å². The van der Waals surface area contributed by atoms with Crippen molar-refractivity contribution in [2.75, 3.05) is 11.9 Å². The molecule has 18 heavy (non-hydrogen) atoms. The lowest BCUT2D eigenvalue weighted by Crippen LogP contribution is -2.36. The van der Waals surface area contributed by atoms with Gasteiger partial charge < -0.3 is 10.4 Å². The standard InChI is InChI=1S/C14H21BrN2O/c1-11-8-12(15)13(16-9-11)17-10-14(18)6-4-2-3-5-7-14/h8-9,18H,2-7,10H2,1H3,(H,16,17). The van der Waals surface area contributed by atoms with E-state index in [0.29, 0.717) is 6.54 Å². The monoisotopic (exact) mass is 312 g/mol. The van der Waals surface area contributed by atoms with Crippen LogP contribution in [0.2, 0.25) is 0 Å². The molecule has 3 nitrogen and oxygen atoms in total. The van der Waals surface area contributed by atoms with Gasteiger partial charge in [0.05, 0.1) is 10.1 Å². The Balaban J connectivity index is 1.97. The minimum absolute atomic E-state index is 0.567. The van der Waals surface area contributed by atoms with E-state index in [4.69, 9.17) is 0 Å². The normalized spacial score (nSPS) is 19.3. The smallest absolute Gasteiger partial charge is 0.140 e. The Morgan fingerprint density at radius 3 is 2.61 bits per heavy atom. The van der Waals surface area contributed by atoms with Crippen molar-refractivity contribution in [3.8, 4) is 0 Å². The molecule has 1 aromatic rings. The second-order valence-corrected chi connectivity index (χ2v) is 6.19. The van der Waals surface area contributed by atoms with Crippen molar-refractivity contribution in [1.29, 1.82) is 0 Å². The van der Waals surface area contributed by atoms with E-state index in [1.54, 1.807) is 0 Å². The topological polar surface area (TPSA) is 45.2 Å². The summed E-state index contributed by atoms with van der Waals surface area (Å²) in [4.78, 5) is 4.35. The Kier molecular flexibility index (Phi) is 4.62. The van der Waals surface area contributed by atoms with Gasteiger partial charge in [0.15, 0.2) is 0 Å². The van der Waals surface area contributed by atoms with Crippen LogP contribution in [0.5, 0.6) is 0 Å². The third-order valence-corrected chi connectivity index (χ3v) is 4.20. The molecule has 2 N–H and O–H groups in total. The van der Waals surface area contributed by atoms with Crippen molar-refractivity contribution in [3.05, 3.63) is 22.3 Å². The van der Waals surface area contributed by atoms with Gasteiger partial charge in [-0.25, -0.2) is 4.98 Å². The largest absolute Gasteiger partial charge is 0.388 e. The van der Waals surface area contributed by atoms with E-state index in [1.165, 1.54) is 12.8 Å². The van der Waals surface area contributed by atoms with Crippen LogP contribution in [0.4, 0.5) is 5.82 Å². The molecule has 1 aliphatic rings. The molecule has 0 amide bonds. The first-order valence-corrected chi connectivity index (χ1v) is 7.47. The molecule has 1 saturated carbocycles. The molecule has 0 atom stereocenters. The lowest BCUT2D eigenvalue weighted by atomic mass is 9.94. The fraction of sp³-hybridized carbons (Fsp3) is 0.643. The molecule has 2 rings (SSSR count). The number of rotatable bonds is 3. The molecule has 1 aromatic heterocycles. The fourth-order valence-electron chi connectivity index (χ4n) is 2.48. The molecule has 0 aromatic carbocycles. The van der Waals surface area contributed by atoms with Crippen molar-refractivity contribution in [2.45, 2.75) is 51.0 Å². The van der Waals surface area contributed by atoms with E-state index >= 15 is 0 Å². The summed E-state index contributed by atoms with van der Waals surface area (Å²) in [6, 6.07) is 2.03. The number of hydrogen-bond acceptors (Lipinski definition) is 3. The van der Waals surface area contributed by atoms with Crippen LogP contribution in [-0.4, -0.2) is 22.2 Å². The molecule has 1 aliphatic carbocycles. The highest BCUT2D eigenvalue weighted by atomic mass is 79.9. The van der Waals surface area contributed by atoms with Crippen LogP contribution in [0.3, 0.4) is 0 Å². The van der Waals surface area contributed by atoms with Crippen LogP contribution < -0.4 is 5.32 Å². The Morgan fingerprint density at radius 1 is 1.33 bits per heavy atom. The molecule has 100 valence electrons. The van der Waals surface area contributed by atoms with E-state index in [9.17, 15) is 5.11 Å². The summed E-state index contributed by atoms with van der Waals surface area (Å²) in [6.45, 7) is 2.60. The average Bonchev–Trinajstić information content (AvgIpc) is 2.54. The summed E-state index contributed by atoms with van der Waals surface area (Å²) in [5.74, 6) is 0.818. The molecule has 0 bridgehead atoms. The Bertz CT molecular complexity index is 401. The number of aryl methyl sites for hydroxylation is 1. The van der Waals surface area contributed by atoms with Crippen LogP contribution in [0, 0.1) is 6.92 Å². The third-order valence-electron chi connectivity index (χ3n) is 3.60. The van der Waals surface area contributed by atoms with Crippen LogP contribution in [0.1, 0.15) is 44.1 Å². The maximum Gasteiger partial charge on any atom is 0.140 e. The minimum Gasteiger partial charge on any atom is -0.388 e. The molecular weight excluding hydrogens is 292 g/mol. The zero-order valence-corrected chi connectivity index (χ0v) is 12.5. The van der Waals surface area contributed by atoms with Gasteiger partial charge in [-0.2, -0.15) is 0 Å². The van der Waals surface area contributed by atoms with Crippen molar-refractivity contribution < 1.29 is 5.11 Å². The summed E-state index contributed by atoms with van der Waals surface area (Å²) in [5, 5.41) is 13.8. The van der Waals surface area contributed by atoms with Crippen LogP contribution >= 0.6 is 15.9 Å². The van der Waals surface area contributed by atoms with Gasteiger partial charge in [0.1, 0.15) is 5.82 Å². The number of hydrogen-bond donors (Lipinski definition) is 2. The quantitative estimate of drug-likeness (QED) is 0.837. The first-order valence-electron chi connectivity index (χ1n) is 6.67. The van der Waals surface area contributed by atoms with Gasteiger partial charge in [-0.3, -0.25) is 0 Å². The number of pyridine rings is 1. The van der Waals surface area contributed by atoms with Gasteiger partial charge in [0, 0.05) is 12.7 Å². The van der Waals surface area contributed by atoms with E-state index in [1.807, 2.05) is 19.2 Å². The number of aromatic nitrogens is 1. The lowest BCUT2D eigenvalue weighted by molar-refractivity contribution is 0.0380. The maximum atomic E-state index is 10.6. The van der Waals surface area contributed by atoms with Crippen LogP contribution in [-0.2, 0) is 0 Å². The third kappa shape index (κ3) is 3.69. The predicted molar refractivity (Wildman–Crippen MR) is 77.8 cm³/mol. The number of nitrogens with zero attached hydrogens (tertiary/aromatic N) is 1. The fourth-order valence-corrected chi connectivity index (χ4v) is 3.08. The predicted octanol–water partition coefficient (Wildman–Crippen LogP) is 3.65. The Morgan fingerprint density at radius 2 is 2.00 bits per heavy atom. The second kappa shape index (κ2) is 6.02. The van der Waals surface area contributed by atoms with Gasteiger partial charge in [0.2, 0.25) is 0 Å². The van der Waals surface area contributed by atoms with Crippen LogP contribution in [0.15, 0.2) is 16.7 Å². The molecule has 0 aliphatic heterocycles. The SMILES string of the molecule is Cc1cnc(NCC2(O)CCCCCC2)c(Br)c1. The first-order chi connectivity index (χ1) is 8.59. The summed E-state index contributed by atoms with van der Waals surface area (Å²) in [5.41, 5.74) is 0.559. The van der Waals surface area contributed by atoms with Crippen molar-refractivity contribution >= 4 is 21.7 Å². The number of halogens is 1. The highest BCUT2D eigenvalue weighted by Gasteiger charge is 2.27. The van der Waals surface area contributed by atoms with Crippen LogP contribution in [0.25, 0.3) is 0 Å². The van der Waals surface area contributed by atoms with Gasteiger partial charge in [-0.05, 0) is 47.3 Å². The maximum absolute atomic E-state index is 10.6. The summed E-state index contributed by atoms with van der Waals surface area (Å²) in [7, 11) is 0. The van der Waals surface area contributed by atoms with Crippen molar-refractivity contribution in [2.24, 2.45) is 0 Å². The minimum atomic E-state index is -0.567. The summed E-state index contributed by atoms with van der Waals surface area (Å²) in [6.07, 6.45) is 8.36. The molecular formula is C14H21BrN2O. The Hall–Kier alpha value is -0.610. The summed E-state index contributed by atoms with van der Waals surface area (Å²) < 4.78 is 0.958. The van der Waals surface area contributed by atoms with E-state index < -0.39 is 5.60 Å². The van der Waals surface area contributed by atoms with E-state index in [2.05, 4.69) is 26.2 Å². The number of nitrogens with one attached hydrogen (secondary N) is 1. The summed E-state index contributed by atoms with van der Waals surface area (Å²) >= 11 is 3.50.